The summed E-state index contributed by atoms with van der Waals surface area (Å²) in [6.07, 6.45) is 2.73. The molecule has 7 heteroatoms. The van der Waals surface area contributed by atoms with E-state index in [0.717, 1.165) is 25.0 Å². The smallest absolute Gasteiger partial charge is 0.235 e. The summed E-state index contributed by atoms with van der Waals surface area (Å²) >= 11 is 2.94. The van der Waals surface area contributed by atoms with Crippen LogP contribution >= 0.6 is 15.9 Å². The minimum atomic E-state index is -3.72. The van der Waals surface area contributed by atoms with Gasteiger partial charge in [-0.05, 0) is 25.0 Å². The summed E-state index contributed by atoms with van der Waals surface area (Å²) < 4.78 is 53.2. The zero-order valence-electron chi connectivity index (χ0n) is 9.42. The Bertz CT molecular complexity index is 533. The normalized spacial score (nSPS) is 17.1. The number of anilines is 1. The average molecular weight is 340 g/mol. The fraction of sp³-hybridized carbons (Fsp3) is 0.455. The van der Waals surface area contributed by atoms with Crippen LogP contribution in [0.2, 0.25) is 0 Å². The number of sulfonamides is 1. The fourth-order valence-electron chi connectivity index (χ4n) is 2.06. The van der Waals surface area contributed by atoms with Crippen molar-refractivity contribution in [3.8, 4) is 0 Å². The van der Waals surface area contributed by atoms with Gasteiger partial charge < -0.3 is 0 Å². The molecule has 1 fully saturated rings. The molecular formula is C11H12BrF2NO2S. The van der Waals surface area contributed by atoms with Gasteiger partial charge in [-0.1, -0.05) is 28.8 Å². The highest BCUT2D eigenvalue weighted by molar-refractivity contribution is 9.10. The molecular weight excluding hydrogens is 328 g/mol. The van der Waals surface area contributed by atoms with Crippen LogP contribution in [0.15, 0.2) is 16.6 Å². The lowest BCUT2D eigenvalue weighted by atomic mass is 10.3. The van der Waals surface area contributed by atoms with E-state index in [-0.39, 0.29) is 4.47 Å². The molecule has 0 aliphatic heterocycles. The Morgan fingerprint density at radius 2 is 1.67 bits per heavy atom. The van der Waals surface area contributed by atoms with Gasteiger partial charge in [0.25, 0.3) is 0 Å². The summed E-state index contributed by atoms with van der Waals surface area (Å²) in [6, 6.07) is 2.05. The Labute approximate surface area is 113 Å². The lowest BCUT2D eigenvalue weighted by Crippen LogP contribution is -2.26. The fourth-order valence-corrected chi connectivity index (χ4v) is 4.07. The van der Waals surface area contributed by atoms with E-state index in [4.69, 9.17) is 0 Å². The van der Waals surface area contributed by atoms with Crippen molar-refractivity contribution in [2.45, 2.75) is 30.9 Å². The molecule has 0 amide bonds. The summed E-state index contributed by atoms with van der Waals surface area (Å²) in [5, 5.41) is -0.556. The third-order valence-corrected chi connectivity index (χ3v) is 5.29. The van der Waals surface area contributed by atoms with Crippen molar-refractivity contribution in [2.75, 3.05) is 4.72 Å². The maximum Gasteiger partial charge on any atom is 0.235 e. The maximum absolute atomic E-state index is 13.5. The monoisotopic (exact) mass is 339 g/mol. The first-order valence-electron chi connectivity index (χ1n) is 5.56. The van der Waals surface area contributed by atoms with Gasteiger partial charge in [-0.3, -0.25) is 4.72 Å². The topological polar surface area (TPSA) is 46.2 Å². The first-order chi connectivity index (χ1) is 8.40. The quantitative estimate of drug-likeness (QED) is 0.917. The van der Waals surface area contributed by atoms with Crippen LogP contribution in [0.25, 0.3) is 0 Å². The van der Waals surface area contributed by atoms with Crippen molar-refractivity contribution in [3.63, 3.8) is 0 Å². The molecule has 0 aromatic heterocycles. The molecule has 0 bridgehead atoms. The third kappa shape index (κ3) is 2.83. The van der Waals surface area contributed by atoms with Gasteiger partial charge in [-0.15, -0.1) is 0 Å². The average Bonchev–Trinajstić information content (AvgIpc) is 2.77. The number of hydrogen-bond donors (Lipinski definition) is 1. The Morgan fingerprint density at radius 1 is 1.17 bits per heavy atom. The second kappa shape index (κ2) is 5.13. The molecule has 1 aromatic rings. The van der Waals surface area contributed by atoms with E-state index in [1.54, 1.807) is 0 Å². The number of benzene rings is 1. The minimum absolute atomic E-state index is 0.223. The van der Waals surface area contributed by atoms with Gasteiger partial charge in [0, 0.05) is 4.47 Å². The van der Waals surface area contributed by atoms with E-state index in [1.165, 1.54) is 0 Å². The summed E-state index contributed by atoms with van der Waals surface area (Å²) in [4.78, 5) is 0. The largest absolute Gasteiger partial charge is 0.278 e. The SMILES string of the molecule is O=S(=O)(Nc1c(F)cc(Br)cc1F)C1CCCC1. The molecule has 0 atom stereocenters. The molecule has 3 nitrogen and oxygen atoms in total. The second-order valence-corrected chi connectivity index (χ2v) is 7.17. The highest BCUT2D eigenvalue weighted by Crippen LogP contribution is 2.29. The maximum atomic E-state index is 13.5. The number of halogens is 3. The van der Waals surface area contributed by atoms with Gasteiger partial charge in [-0.25, -0.2) is 17.2 Å². The first kappa shape index (κ1) is 13.7. The molecule has 1 aliphatic carbocycles. The number of rotatable bonds is 3. The molecule has 1 N–H and O–H groups in total. The van der Waals surface area contributed by atoms with Crippen molar-refractivity contribution >= 4 is 31.6 Å². The summed E-state index contributed by atoms with van der Waals surface area (Å²) in [5.74, 6) is -1.85. The molecule has 1 saturated carbocycles. The van der Waals surface area contributed by atoms with Crippen LogP contribution in [0.1, 0.15) is 25.7 Å². The van der Waals surface area contributed by atoms with Crippen molar-refractivity contribution < 1.29 is 17.2 Å². The zero-order valence-corrected chi connectivity index (χ0v) is 11.8. The lowest BCUT2D eigenvalue weighted by molar-refractivity contribution is 0.574. The third-order valence-electron chi connectivity index (χ3n) is 2.99. The van der Waals surface area contributed by atoms with E-state index < -0.39 is 32.6 Å². The molecule has 1 aromatic carbocycles. The van der Waals surface area contributed by atoms with Crippen LogP contribution in [-0.4, -0.2) is 13.7 Å². The van der Waals surface area contributed by atoms with Crippen LogP contribution in [0.3, 0.4) is 0 Å². The predicted octanol–water partition coefficient (Wildman–Crippen LogP) is 3.41. The molecule has 0 spiro atoms. The summed E-state index contributed by atoms with van der Waals surface area (Å²) in [5.41, 5.74) is -0.606. The first-order valence-corrected chi connectivity index (χ1v) is 7.90. The Balaban J connectivity index is 2.29. The summed E-state index contributed by atoms with van der Waals surface area (Å²) in [7, 11) is -3.72. The molecule has 0 saturated heterocycles. The van der Waals surface area contributed by atoms with Crippen LogP contribution < -0.4 is 4.72 Å². The van der Waals surface area contributed by atoms with Crippen LogP contribution in [0, 0.1) is 11.6 Å². The number of nitrogens with one attached hydrogen (secondary N) is 1. The predicted molar refractivity (Wildman–Crippen MR) is 68.9 cm³/mol. The second-order valence-electron chi connectivity index (χ2n) is 4.30. The van der Waals surface area contributed by atoms with Crippen LogP contribution in [0.5, 0.6) is 0 Å². The Hall–Kier alpha value is -0.690. The van der Waals surface area contributed by atoms with Gasteiger partial charge in [-0.2, -0.15) is 0 Å². The molecule has 1 aliphatic rings. The lowest BCUT2D eigenvalue weighted by Gasteiger charge is -2.14. The van der Waals surface area contributed by atoms with E-state index in [9.17, 15) is 17.2 Å². The molecule has 100 valence electrons. The molecule has 0 radical (unpaired) electrons. The zero-order chi connectivity index (χ0) is 13.3. The highest BCUT2D eigenvalue weighted by atomic mass is 79.9. The van der Waals surface area contributed by atoms with Crippen molar-refractivity contribution in [1.29, 1.82) is 0 Å². The Morgan fingerprint density at radius 3 is 2.17 bits per heavy atom. The van der Waals surface area contributed by atoms with Gasteiger partial charge in [0.05, 0.1) is 5.25 Å². The van der Waals surface area contributed by atoms with E-state index in [2.05, 4.69) is 15.9 Å². The van der Waals surface area contributed by atoms with Crippen molar-refractivity contribution in [2.24, 2.45) is 0 Å². The molecule has 18 heavy (non-hydrogen) atoms. The van der Waals surface area contributed by atoms with Crippen LogP contribution in [0.4, 0.5) is 14.5 Å². The molecule has 0 heterocycles. The van der Waals surface area contributed by atoms with Crippen molar-refractivity contribution in [3.05, 3.63) is 28.2 Å². The summed E-state index contributed by atoms with van der Waals surface area (Å²) in [6.45, 7) is 0. The van der Waals surface area contributed by atoms with E-state index in [1.807, 2.05) is 4.72 Å². The van der Waals surface area contributed by atoms with E-state index >= 15 is 0 Å². The Kier molecular flexibility index (Phi) is 3.91. The van der Waals surface area contributed by atoms with Gasteiger partial charge in [0.2, 0.25) is 10.0 Å². The van der Waals surface area contributed by atoms with Crippen LogP contribution in [-0.2, 0) is 10.0 Å². The highest BCUT2D eigenvalue weighted by Gasteiger charge is 2.30. The minimum Gasteiger partial charge on any atom is -0.278 e. The van der Waals surface area contributed by atoms with Crippen molar-refractivity contribution in [1.82, 2.24) is 0 Å². The number of hydrogen-bond acceptors (Lipinski definition) is 2. The van der Waals surface area contributed by atoms with Gasteiger partial charge >= 0.3 is 0 Å². The van der Waals surface area contributed by atoms with E-state index in [0.29, 0.717) is 12.8 Å². The van der Waals surface area contributed by atoms with Gasteiger partial charge in [0.1, 0.15) is 5.69 Å². The molecule has 2 rings (SSSR count). The molecule has 0 unspecified atom stereocenters. The standard InChI is InChI=1S/C11H12BrF2NO2S/c12-7-5-9(13)11(10(14)6-7)15-18(16,17)8-3-1-2-4-8/h5-6,8,15H,1-4H2. The van der Waals surface area contributed by atoms with Gasteiger partial charge in [0.15, 0.2) is 11.6 Å².